The molecule has 0 amide bonds. The van der Waals surface area contributed by atoms with Crippen molar-refractivity contribution in [1.82, 2.24) is 14.4 Å². The Morgan fingerprint density at radius 1 is 1.23 bits per heavy atom. The molecule has 0 spiro atoms. The Morgan fingerprint density at radius 2 is 2.09 bits per heavy atom. The van der Waals surface area contributed by atoms with Gasteiger partial charge in [-0.2, -0.15) is 0 Å². The van der Waals surface area contributed by atoms with Gasteiger partial charge < -0.3 is 10.0 Å². The summed E-state index contributed by atoms with van der Waals surface area (Å²) in [5.41, 5.74) is 2.66. The number of imidazole rings is 1. The van der Waals surface area contributed by atoms with Crippen molar-refractivity contribution in [3.05, 3.63) is 47.9 Å². The average Bonchev–Trinajstić information content (AvgIpc) is 3.14. The van der Waals surface area contributed by atoms with E-state index in [2.05, 4.69) is 14.9 Å². The van der Waals surface area contributed by atoms with Crippen LogP contribution in [0.3, 0.4) is 0 Å². The second-order valence-corrected chi connectivity index (χ2v) is 5.86. The molecule has 0 aliphatic carbocycles. The summed E-state index contributed by atoms with van der Waals surface area (Å²) in [4.78, 5) is 11.0. The van der Waals surface area contributed by atoms with Gasteiger partial charge in [-0.25, -0.2) is 9.97 Å². The van der Waals surface area contributed by atoms with Crippen LogP contribution in [0.25, 0.3) is 16.9 Å². The summed E-state index contributed by atoms with van der Waals surface area (Å²) in [6.07, 6.45) is 5.93. The lowest BCUT2D eigenvalue weighted by Gasteiger charge is -2.17. The highest BCUT2D eigenvalue weighted by Gasteiger charge is 2.24. The van der Waals surface area contributed by atoms with Crippen LogP contribution in [0.1, 0.15) is 6.42 Å². The molecule has 0 radical (unpaired) electrons. The molecule has 2 aromatic heterocycles. The van der Waals surface area contributed by atoms with Crippen LogP contribution in [0.2, 0.25) is 5.02 Å². The van der Waals surface area contributed by atoms with E-state index in [1.807, 2.05) is 41.1 Å². The van der Waals surface area contributed by atoms with Crippen LogP contribution in [0, 0.1) is 0 Å². The third kappa shape index (κ3) is 2.14. The maximum absolute atomic E-state index is 9.74. The van der Waals surface area contributed by atoms with Gasteiger partial charge >= 0.3 is 0 Å². The zero-order chi connectivity index (χ0) is 15.1. The number of nitrogens with zero attached hydrogens (tertiary/aromatic N) is 4. The van der Waals surface area contributed by atoms with Gasteiger partial charge in [0.1, 0.15) is 0 Å². The standard InChI is InChI=1S/C16H15ClN4O/c17-13-4-2-1-3-12(13)14-9-19-16-15(18-6-8-21(14)16)20-7-5-11(22)10-20/h1-4,6,8-9,11,22H,5,7,10H2. The molecule has 1 N–H and O–H groups in total. The van der Waals surface area contributed by atoms with Gasteiger partial charge in [0, 0.05) is 36.1 Å². The van der Waals surface area contributed by atoms with Crippen molar-refractivity contribution in [3.63, 3.8) is 0 Å². The topological polar surface area (TPSA) is 53.7 Å². The van der Waals surface area contributed by atoms with E-state index < -0.39 is 0 Å². The Hall–Kier alpha value is -2.11. The number of hydrogen-bond acceptors (Lipinski definition) is 4. The molecule has 1 unspecified atom stereocenters. The number of aliphatic hydroxyl groups excluding tert-OH is 1. The molecule has 3 aromatic rings. The van der Waals surface area contributed by atoms with Crippen molar-refractivity contribution >= 4 is 23.1 Å². The van der Waals surface area contributed by atoms with Crippen LogP contribution in [0.5, 0.6) is 0 Å². The molecule has 1 aromatic carbocycles. The van der Waals surface area contributed by atoms with Gasteiger partial charge in [-0.15, -0.1) is 0 Å². The molecule has 22 heavy (non-hydrogen) atoms. The Bertz CT molecular complexity index is 832. The van der Waals surface area contributed by atoms with E-state index in [4.69, 9.17) is 11.6 Å². The molecule has 1 fully saturated rings. The Labute approximate surface area is 132 Å². The molecule has 1 saturated heterocycles. The Kier molecular flexibility index (Phi) is 3.24. The molecular weight excluding hydrogens is 300 g/mol. The lowest BCUT2D eigenvalue weighted by atomic mass is 10.2. The molecule has 3 heterocycles. The van der Waals surface area contributed by atoms with Gasteiger partial charge in [0.25, 0.3) is 0 Å². The first kappa shape index (κ1) is 13.5. The van der Waals surface area contributed by atoms with E-state index >= 15 is 0 Å². The predicted molar refractivity (Wildman–Crippen MR) is 86.3 cm³/mol. The van der Waals surface area contributed by atoms with E-state index in [1.54, 1.807) is 6.20 Å². The van der Waals surface area contributed by atoms with Crippen molar-refractivity contribution in [2.45, 2.75) is 12.5 Å². The number of halogens is 1. The van der Waals surface area contributed by atoms with E-state index in [-0.39, 0.29) is 6.10 Å². The van der Waals surface area contributed by atoms with Gasteiger partial charge in [0.05, 0.1) is 18.0 Å². The van der Waals surface area contributed by atoms with E-state index in [0.717, 1.165) is 35.7 Å². The normalized spacial score (nSPS) is 18.3. The molecule has 1 atom stereocenters. The highest BCUT2D eigenvalue weighted by molar-refractivity contribution is 6.33. The molecule has 0 saturated carbocycles. The smallest absolute Gasteiger partial charge is 0.180 e. The quantitative estimate of drug-likeness (QED) is 0.790. The largest absolute Gasteiger partial charge is 0.391 e. The zero-order valence-corrected chi connectivity index (χ0v) is 12.6. The van der Waals surface area contributed by atoms with E-state index in [0.29, 0.717) is 11.6 Å². The molecule has 0 bridgehead atoms. The fourth-order valence-corrected chi connectivity index (χ4v) is 3.16. The van der Waals surface area contributed by atoms with Crippen LogP contribution < -0.4 is 4.90 Å². The third-order valence-corrected chi connectivity index (χ3v) is 4.35. The molecule has 4 rings (SSSR count). The minimum atomic E-state index is -0.292. The highest BCUT2D eigenvalue weighted by atomic mass is 35.5. The number of rotatable bonds is 2. The summed E-state index contributed by atoms with van der Waals surface area (Å²) in [5.74, 6) is 0.803. The molecule has 6 heteroatoms. The average molecular weight is 315 g/mol. The fraction of sp³-hybridized carbons (Fsp3) is 0.250. The van der Waals surface area contributed by atoms with E-state index in [1.165, 1.54) is 0 Å². The second-order valence-electron chi connectivity index (χ2n) is 5.46. The first-order valence-corrected chi connectivity index (χ1v) is 7.62. The number of β-amino-alcohol motifs (C(OH)–C–C–N with tert-alkyl or cyclic N) is 1. The first-order chi connectivity index (χ1) is 10.7. The number of fused-ring (bicyclic) bond motifs is 1. The van der Waals surface area contributed by atoms with Crippen LogP contribution in [-0.2, 0) is 0 Å². The van der Waals surface area contributed by atoms with Crippen molar-refractivity contribution in [2.75, 3.05) is 18.0 Å². The first-order valence-electron chi connectivity index (χ1n) is 7.24. The van der Waals surface area contributed by atoms with Gasteiger partial charge in [-0.1, -0.05) is 29.8 Å². The van der Waals surface area contributed by atoms with Crippen molar-refractivity contribution < 1.29 is 5.11 Å². The number of hydrogen-bond donors (Lipinski definition) is 1. The van der Waals surface area contributed by atoms with Gasteiger partial charge in [0.15, 0.2) is 11.5 Å². The summed E-state index contributed by atoms with van der Waals surface area (Å²) in [6.45, 7) is 1.39. The van der Waals surface area contributed by atoms with Crippen LogP contribution >= 0.6 is 11.6 Å². The summed E-state index contributed by atoms with van der Waals surface area (Å²) in [5, 5.41) is 10.4. The van der Waals surface area contributed by atoms with Crippen molar-refractivity contribution in [1.29, 1.82) is 0 Å². The lowest BCUT2D eigenvalue weighted by Crippen LogP contribution is -2.23. The molecule has 5 nitrogen and oxygen atoms in total. The maximum Gasteiger partial charge on any atom is 0.180 e. The Balaban J connectivity index is 1.85. The fourth-order valence-electron chi connectivity index (χ4n) is 2.93. The number of aliphatic hydroxyl groups is 1. The summed E-state index contributed by atoms with van der Waals surface area (Å²) < 4.78 is 1.99. The SMILES string of the molecule is OC1CCN(c2nccn3c(-c4ccccc4Cl)cnc23)C1. The van der Waals surface area contributed by atoms with Crippen molar-refractivity contribution in [2.24, 2.45) is 0 Å². The maximum atomic E-state index is 9.74. The van der Waals surface area contributed by atoms with E-state index in [9.17, 15) is 5.11 Å². The minimum Gasteiger partial charge on any atom is -0.391 e. The summed E-state index contributed by atoms with van der Waals surface area (Å²) in [6, 6.07) is 7.72. The monoisotopic (exact) mass is 314 g/mol. The number of benzene rings is 1. The minimum absolute atomic E-state index is 0.292. The predicted octanol–water partition coefficient (Wildman–Crippen LogP) is 2.62. The third-order valence-electron chi connectivity index (χ3n) is 4.02. The second kappa shape index (κ2) is 5.26. The molecule has 1 aliphatic heterocycles. The molecular formula is C16H15ClN4O. The Morgan fingerprint density at radius 3 is 2.86 bits per heavy atom. The zero-order valence-electron chi connectivity index (χ0n) is 11.9. The van der Waals surface area contributed by atoms with Gasteiger partial charge in [-0.3, -0.25) is 4.40 Å². The van der Waals surface area contributed by atoms with Gasteiger partial charge in [0.2, 0.25) is 0 Å². The molecule has 112 valence electrons. The van der Waals surface area contributed by atoms with Crippen molar-refractivity contribution in [3.8, 4) is 11.3 Å². The van der Waals surface area contributed by atoms with Crippen LogP contribution in [0.15, 0.2) is 42.9 Å². The lowest BCUT2D eigenvalue weighted by molar-refractivity contribution is 0.198. The summed E-state index contributed by atoms with van der Waals surface area (Å²) in [7, 11) is 0. The van der Waals surface area contributed by atoms with Crippen LogP contribution in [-0.4, -0.2) is 38.7 Å². The number of aromatic nitrogens is 3. The van der Waals surface area contributed by atoms with Gasteiger partial charge in [-0.05, 0) is 12.5 Å². The number of anilines is 1. The highest BCUT2D eigenvalue weighted by Crippen LogP contribution is 2.30. The summed E-state index contributed by atoms with van der Waals surface area (Å²) >= 11 is 6.30. The molecule has 1 aliphatic rings. The van der Waals surface area contributed by atoms with Crippen LogP contribution in [0.4, 0.5) is 5.82 Å².